The molecular weight excluding hydrogens is 388 g/mol. The first-order valence-corrected chi connectivity index (χ1v) is 9.80. The number of aromatic nitrogens is 4. The van der Waals surface area contributed by atoms with Gasteiger partial charge in [0, 0.05) is 22.9 Å². The second kappa shape index (κ2) is 7.76. The fourth-order valence-corrected chi connectivity index (χ4v) is 3.62. The van der Waals surface area contributed by atoms with Crippen LogP contribution < -0.4 is 0 Å². The van der Waals surface area contributed by atoms with E-state index in [9.17, 15) is 9.90 Å². The van der Waals surface area contributed by atoms with Crippen molar-refractivity contribution in [3.63, 3.8) is 0 Å². The molecule has 3 aromatic carbocycles. The molecule has 0 unspecified atom stereocenters. The number of aromatic amines is 1. The molecule has 5 rings (SSSR count). The van der Waals surface area contributed by atoms with Gasteiger partial charge in [-0.2, -0.15) is 5.10 Å². The molecule has 6 heteroatoms. The third-order valence-corrected chi connectivity index (χ3v) is 5.02. The minimum Gasteiger partial charge on any atom is -0.477 e. The summed E-state index contributed by atoms with van der Waals surface area (Å²) < 4.78 is 2.09. The highest BCUT2D eigenvalue weighted by atomic mass is 16.4. The first-order valence-electron chi connectivity index (χ1n) is 9.80. The standard InChI is InChI=1S/C25H18N4O2/c30-25(31)21-16-20(27-28-21)22-23(17-10-4-1-5-11-17)29(19-14-8-3-9-15-19)24(26-22)18-12-6-2-7-13-18/h1-16H,(H,27,28)(H,30,31). The van der Waals surface area contributed by atoms with Gasteiger partial charge in [-0.15, -0.1) is 0 Å². The van der Waals surface area contributed by atoms with Gasteiger partial charge in [-0.3, -0.25) is 9.67 Å². The fourth-order valence-electron chi connectivity index (χ4n) is 3.62. The number of nitrogens with zero attached hydrogens (tertiary/aromatic N) is 3. The van der Waals surface area contributed by atoms with Gasteiger partial charge in [0.1, 0.15) is 22.9 Å². The van der Waals surface area contributed by atoms with E-state index < -0.39 is 5.97 Å². The average Bonchev–Trinajstić information content (AvgIpc) is 3.46. The van der Waals surface area contributed by atoms with Gasteiger partial charge in [-0.05, 0) is 12.1 Å². The lowest BCUT2D eigenvalue weighted by molar-refractivity contribution is 0.0690. The topological polar surface area (TPSA) is 83.8 Å². The van der Waals surface area contributed by atoms with Gasteiger partial charge in [0.15, 0.2) is 0 Å². The van der Waals surface area contributed by atoms with Crippen LogP contribution in [0, 0.1) is 0 Å². The molecule has 0 amide bonds. The molecule has 2 aromatic heterocycles. The summed E-state index contributed by atoms with van der Waals surface area (Å²) in [6.07, 6.45) is 0. The van der Waals surface area contributed by atoms with Gasteiger partial charge in [0.25, 0.3) is 0 Å². The Balaban J connectivity index is 1.86. The molecule has 2 N–H and O–H groups in total. The smallest absolute Gasteiger partial charge is 0.353 e. The number of nitrogens with one attached hydrogen (secondary N) is 1. The molecule has 6 nitrogen and oxygen atoms in total. The number of carboxylic acid groups (broad SMARTS) is 1. The number of benzene rings is 3. The van der Waals surface area contributed by atoms with Crippen molar-refractivity contribution < 1.29 is 9.90 Å². The zero-order valence-electron chi connectivity index (χ0n) is 16.4. The molecule has 0 radical (unpaired) electrons. The maximum absolute atomic E-state index is 11.4. The molecule has 0 saturated heterocycles. The quantitative estimate of drug-likeness (QED) is 0.415. The Morgan fingerprint density at radius 1 is 0.806 bits per heavy atom. The van der Waals surface area contributed by atoms with Crippen molar-refractivity contribution in [2.45, 2.75) is 0 Å². The van der Waals surface area contributed by atoms with Crippen LogP contribution in [0.4, 0.5) is 0 Å². The van der Waals surface area contributed by atoms with E-state index in [2.05, 4.69) is 14.8 Å². The molecule has 5 aromatic rings. The van der Waals surface area contributed by atoms with Crippen LogP contribution in [0.2, 0.25) is 0 Å². The van der Waals surface area contributed by atoms with E-state index in [4.69, 9.17) is 4.98 Å². The summed E-state index contributed by atoms with van der Waals surface area (Å²) in [6, 6.07) is 31.3. The second-order valence-electron chi connectivity index (χ2n) is 7.01. The second-order valence-corrected chi connectivity index (χ2v) is 7.01. The lowest BCUT2D eigenvalue weighted by Crippen LogP contribution is -2.00. The Labute approximate surface area is 178 Å². The van der Waals surface area contributed by atoms with Crippen molar-refractivity contribution in [1.29, 1.82) is 0 Å². The molecule has 0 aliphatic carbocycles. The number of aromatic carboxylic acids is 1. The number of H-pyrrole nitrogens is 1. The lowest BCUT2D eigenvalue weighted by atomic mass is 10.1. The molecule has 0 bridgehead atoms. The van der Waals surface area contributed by atoms with Gasteiger partial charge < -0.3 is 5.11 Å². The van der Waals surface area contributed by atoms with E-state index in [1.165, 1.54) is 6.07 Å². The molecule has 0 aliphatic heterocycles. The molecule has 2 heterocycles. The van der Waals surface area contributed by atoms with Crippen molar-refractivity contribution in [2.24, 2.45) is 0 Å². The molecule has 0 spiro atoms. The van der Waals surface area contributed by atoms with Crippen LogP contribution in [-0.4, -0.2) is 30.8 Å². The third-order valence-electron chi connectivity index (χ3n) is 5.02. The third kappa shape index (κ3) is 3.40. The summed E-state index contributed by atoms with van der Waals surface area (Å²) in [5.41, 5.74) is 4.80. The number of carboxylic acids is 1. The molecule has 150 valence electrons. The van der Waals surface area contributed by atoms with Crippen molar-refractivity contribution >= 4 is 5.97 Å². The van der Waals surface area contributed by atoms with E-state index >= 15 is 0 Å². The van der Waals surface area contributed by atoms with Gasteiger partial charge in [0.2, 0.25) is 0 Å². The van der Waals surface area contributed by atoms with Crippen LogP contribution in [0.3, 0.4) is 0 Å². The van der Waals surface area contributed by atoms with E-state index in [0.29, 0.717) is 11.4 Å². The van der Waals surface area contributed by atoms with Crippen molar-refractivity contribution in [3.8, 4) is 39.7 Å². The largest absolute Gasteiger partial charge is 0.477 e. The number of imidazole rings is 1. The monoisotopic (exact) mass is 406 g/mol. The summed E-state index contributed by atoms with van der Waals surface area (Å²) in [5, 5.41) is 16.2. The highest BCUT2D eigenvalue weighted by Gasteiger charge is 2.24. The average molecular weight is 406 g/mol. The summed E-state index contributed by atoms with van der Waals surface area (Å²) in [4.78, 5) is 16.4. The van der Waals surface area contributed by atoms with Gasteiger partial charge in [-0.25, -0.2) is 9.78 Å². The summed E-state index contributed by atoms with van der Waals surface area (Å²) in [7, 11) is 0. The van der Waals surface area contributed by atoms with Crippen LogP contribution in [0.25, 0.3) is 39.7 Å². The number of hydrogen-bond acceptors (Lipinski definition) is 3. The van der Waals surface area contributed by atoms with Crippen LogP contribution >= 0.6 is 0 Å². The predicted molar refractivity (Wildman–Crippen MR) is 119 cm³/mol. The van der Waals surface area contributed by atoms with Crippen molar-refractivity contribution in [2.75, 3.05) is 0 Å². The van der Waals surface area contributed by atoms with Crippen molar-refractivity contribution in [1.82, 2.24) is 19.7 Å². The normalized spacial score (nSPS) is 10.8. The van der Waals surface area contributed by atoms with E-state index in [0.717, 1.165) is 28.3 Å². The highest BCUT2D eigenvalue weighted by Crippen LogP contribution is 2.37. The predicted octanol–water partition coefficient (Wildman–Crippen LogP) is 5.29. The molecule has 0 atom stereocenters. The molecule has 0 aliphatic rings. The number of carbonyl (C=O) groups is 1. The zero-order valence-corrected chi connectivity index (χ0v) is 16.4. The van der Waals surface area contributed by atoms with Crippen LogP contribution in [0.1, 0.15) is 10.5 Å². The maximum Gasteiger partial charge on any atom is 0.353 e. The number of rotatable bonds is 5. The maximum atomic E-state index is 11.4. The number of para-hydroxylation sites is 1. The van der Waals surface area contributed by atoms with Gasteiger partial charge >= 0.3 is 5.97 Å². The number of hydrogen-bond donors (Lipinski definition) is 2. The van der Waals surface area contributed by atoms with Gasteiger partial charge in [0.05, 0.1) is 5.69 Å². The Bertz CT molecular complexity index is 1340. The molecule has 31 heavy (non-hydrogen) atoms. The zero-order chi connectivity index (χ0) is 21.2. The summed E-state index contributed by atoms with van der Waals surface area (Å²) in [5.74, 6) is -0.314. The molecule has 0 saturated carbocycles. The Morgan fingerprint density at radius 3 is 1.97 bits per heavy atom. The minimum absolute atomic E-state index is 0.0181. The molecular formula is C25H18N4O2. The Kier molecular flexibility index (Phi) is 4.65. The Hall–Kier alpha value is -4.45. The van der Waals surface area contributed by atoms with Crippen LogP contribution in [0.5, 0.6) is 0 Å². The van der Waals surface area contributed by atoms with E-state index in [1.54, 1.807) is 0 Å². The summed E-state index contributed by atoms with van der Waals surface area (Å²) >= 11 is 0. The van der Waals surface area contributed by atoms with Crippen LogP contribution in [-0.2, 0) is 0 Å². The minimum atomic E-state index is -1.06. The highest BCUT2D eigenvalue weighted by molar-refractivity contribution is 5.89. The lowest BCUT2D eigenvalue weighted by Gasteiger charge is -2.13. The first-order chi connectivity index (χ1) is 15.2. The Morgan fingerprint density at radius 2 is 1.39 bits per heavy atom. The van der Waals surface area contributed by atoms with E-state index in [-0.39, 0.29) is 5.69 Å². The summed E-state index contributed by atoms with van der Waals surface area (Å²) in [6.45, 7) is 0. The SMILES string of the molecule is O=C(O)c1cc(-c2nc(-c3ccccc3)n(-c3ccccc3)c2-c2ccccc2)n[nH]1. The van der Waals surface area contributed by atoms with Crippen LogP contribution in [0.15, 0.2) is 97.1 Å². The van der Waals surface area contributed by atoms with Gasteiger partial charge in [-0.1, -0.05) is 78.9 Å². The fraction of sp³-hybridized carbons (Fsp3) is 0. The molecule has 0 fully saturated rings. The van der Waals surface area contributed by atoms with E-state index in [1.807, 2.05) is 91.0 Å². The first kappa shape index (κ1) is 18.6. The van der Waals surface area contributed by atoms with Crippen molar-refractivity contribution in [3.05, 3.63) is 103 Å².